The minimum absolute atomic E-state index is 0.430. The molecule has 108 valence electrons. The van der Waals surface area contributed by atoms with Gasteiger partial charge in [0.1, 0.15) is 0 Å². The van der Waals surface area contributed by atoms with E-state index in [1.54, 1.807) is 28.4 Å². The molecule has 19 heavy (non-hydrogen) atoms. The van der Waals surface area contributed by atoms with E-state index in [9.17, 15) is 0 Å². The minimum Gasteiger partial charge on any atom is -0.492 e. The molecule has 0 spiro atoms. The maximum atomic E-state index is 5.64. The molecule has 0 heterocycles. The first-order valence-corrected chi connectivity index (χ1v) is 5.82. The highest BCUT2D eigenvalue weighted by atomic mass is 16.6. The molecular formula is C13H21NO5. The second-order valence-corrected chi connectivity index (χ2v) is 3.68. The zero-order chi connectivity index (χ0) is 14.4. The SMILES string of the molecule is COc1c(CCN)c(OC)c(OC)c(OC)c1OC. The largest absolute Gasteiger partial charge is 0.492 e. The number of rotatable bonds is 7. The first kappa shape index (κ1) is 15.2. The Morgan fingerprint density at radius 2 is 0.947 bits per heavy atom. The second-order valence-electron chi connectivity index (χ2n) is 3.68. The van der Waals surface area contributed by atoms with Crippen molar-refractivity contribution in [3.8, 4) is 28.7 Å². The molecule has 1 aromatic carbocycles. The van der Waals surface area contributed by atoms with Gasteiger partial charge in [0.05, 0.1) is 35.5 Å². The molecule has 0 aliphatic heterocycles. The summed E-state index contributed by atoms with van der Waals surface area (Å²) in [4.78, 5) is 0. The van der Waals surface area contributed by atoms with Crippen LogP contribution in [0.4, 0.5) is 0 Å². The van der Waals surface area contributed by atoms with Crippen LogP contribution in [0.1, 0.15) is 5.56 Å². The van der Waals surface area contributed by atoms with Gasteiger partial charge in [-0.15, -0.1) is 0 Å². The van der Waals surface area contributed by atoms with Gasteiger partial charge in [-0.2, -0.15) is 0 Å². The summed E-state index contributed by atoms with van der Waals surface area (Å²) in [5, 5.41) is 0. The van der Waals surface area contributed by atoms with Crippen LogP contribution in [0.5, 0.6) is 28.7 Å². The first-order valence-electron chi connectivity index (χ1n) is 5.82. The molecule has 0 saturated heterocycles. The quantitative estimate of drug-likeness (QED) is 0.804. The van der Waals surface area contributed by atoms with Gasteiger partial charge in [-0.1, -0.05) is 0 Å². The Labute approximate surface area is 113 Å². The Morgan fingerprint density at radius 1 is 0.632 bits per heavy atom. The summed E-state index contributed by atoms with van der Waals surface area (Å²) in [6.45, 7) is 0.450. The van der Waals surface area contributed by atoms with Gasteiger partial charge in [-0.25, -0.2) is 0 Å². The van der Waals surface area contributed by atoms with E-state index in [2.05, 4.69) is 0 Å². The Balaban J connectivity index is 3.68. The number of nitrogens with two attached hydrogens (primary N) is 1. The van der Waals surface area contributed by atoms with E-state index < -0.39 is 0 Å². The molecule has 0 aliphatic carbocycles. The fourth-order valence-electron chi connectivity index (χ4n) is 2.05. The molecule has 0 amide bonds. The molecule has 0 bridgehead atoms. The molecule has 2 N–H and O–H groups in total. The maximum absolute atomic E-state index is 5.64. The van der Waals surface area contributed by atoms with Gasteiger partial charge in [-0.3, -0.25) is 0 Å². The number of methoxy groups -OCH3 is 5. The third kappa shape index (κ3) is 2.63. The Hall–Kier alpha value is -1.82. The number of hydrogen-bond donors (Lipinski definition) is 1. The molecule has 6 heteroatoms. The summed E-state index contributed by atoms with van der Waals surface area (Å²) in [5.74, 6) is 2.45. The molecule has 0 atom stereocenters. The molecular weight excluding hydrogens is 250 g/mol. The molecule has 0 radical (unpaired) electrons. The van der Waals surface area contributed by atoms with Gasteiger partial charge in [0.25, 0.3) is 0 Å². The summed E-state index contributed by atoms with van der Waals surface area (Å²) >= 11 is 0. The number of benzene rings is 1. The van der Waals surface area contributed by atoms with Crippen LogP contribution in [0.15, 0.2) is 0 Å². The first-order chi connectivity index (χ1) is 9.19. The van der Waals surface area contributed by atoms with E-state index in [4.69, 9.17) is 29.4 Å². The van der Waals surface area contributed by atoms with E-state index in [-0.39, 0.29) is 0 Å². The van der Waals surface area contributed by atoms with Crippen molar-refractivity contribution in [1.82, 2.24) is 0 Å². The van der Waals surface area contributed by atoms with Crippen molar-refractivity contribution in [2.24, 2.45) is 5.73 Å². The molecule has 0 saturated carbocycles. The predicted molar refractivity (Wildman–Crippen MR) is 72.0 cm³/mol. The average molecular weight is 271 g/mol. The van der Waals surface area contributed by atoms with Crippen LogP contribution in [0.2, 0.25) is 0 Å². The number of ether oxygens (including phenoxy) is 5. The maximum Gasteiger partial charge on any atom is 0.211 e. The van der Waals surface area contributed by atoms with Gasteiger partial charge in [0.15, 0.2) is 11.5 Å². The highest BCUT2D eigenvalue weighted by Gasteiger charge is 2.27. The van der Waals surface area contributed by atoms with Crippen molar-refractivity contribution in [2.45, 2.75) is 6.42 Å². The van der Waals surface area contributed by atoms with Crippen molar-refractivity contribution in [1.29, 1.82) is 0 Å². The van der Waals surface area contributed by atoms with Crippen LogP contribution in [0, 0.1) is 0 Å². The summed E-state index contributed by atoms with van der Waals surface area (Å²) in [7, 11) is 7.73. The minimum atomic E-state index is 0.430. The molecule has 6 nitrogen and oxygen atoms in total. The van der Waals surface area contributed by atoms with E-state index in [0.29, 0.717) is 41.7 Å². The van der Waals surface area contributed by atoms with Crippen molar-refractivity contribution >= 4 is 0 Å². The fraction of sp³-hybridized carbons (Fsp3) is 0.538. The van der Waals surface area contributed by atoms with Gasteiger partial charge in [0, 0.05) is 5.56 Å². The second kappa shape index (κ2) is 6.94. The summed E-state index contributed by atoms with van der Waals surface area (Å²) in [6.07, 6.45) is 0.572. The van der Waals surface area contributed by atoms with Crippen molar-refractivity contribution < 1.29 is 23.7 Å². The van der Waals surface area contributed by atoms with E-state index >= 15 is 0 Å². The molecule has 1 rings (SSSR count). The lowest BCUT2D eigenvalue weighted by Gasteiger charge is -2.21. The average Bonchev–Trinajstić information content (AvgIpc) is 2.45. The van der Waals surface area contributed by atoms with E-state index in [0.717, 1.165) is 5.56 Å². The monoisotopic (exact) mass is 271 g/mol. The summed E-state index contributed by atoms with van der Waals surface area (Å²) in [5.41, 5.74) is 6.43. The Bertz CT molecular complexity index is 401. The smallest absolute Gasteiger partial charge is 0.211 e. The van der Waals surface area contributed by atoms with Crippen LogP contribution in [0.25, 0.3) is 0 Å². The molecule has 0 aromatic heterocycles. The van der Waals surface area contributed by atoms with Crippen LogP contribution in [0.3, 0.4) is 0 Å². The fourth-order valence-corrected chi connectivity index (χ4v) is 2.05. The Morgan fingerprint density at radius 3 is 1.21 bits per heavy atom. The van der Waals surface area contributed by atoms with Crippen LogP contribution in [-0.2, 0) is 6.42 Å². The lowest BCUT2D eigenvalue weighted by Crippen LogP contribution is -2.09. The van der Waals surface area contributed by atoms with Crippen LogP contribution in [-0.4, -0.2) is 42.1 Å². The number of hydrogen-bond acceptors (Lipinski definition) is 6. The molecule has 0 fully saturated rings. The standard InChI is InChI=1S/C13H21NO5/c1-15-9-8(6-7-14)10(16-2)12(18-4)13(19-5)11(9)17-3/h6-7,14H2,1-5H3. The van der Waals surface area contributed by atoms with Crippen LogP contribution >= 0.6 is 0 Å². The normalized spacial score (nSPS) is 10.0. The van der Waals surface area contributed by atoms with Crippen molar-refractivity contribution in [3.63, 3.8) is 0 Å². The third-order valence-corrected chi connectivity index (χ3v) is 2.79. The third-order valence-electron chi connectivity index (χ3n) is 2.79. The summed E-state index contributed by atoms with van der Waals surface area (Å²) in [6, 6.07) is 0. The zero-order valence-electron chi connectivity index (χ0n) is 12.0. The zero-order valence-corrected chi connectivity index (χ0v) is 12.0. The lowest BCUT2D eigenvalue weighted by atomic mass is 10.1. The van der Waals surface area contributed by atoms with Crippen molar-refractivity contribution in [2.75, 3.05) is 42.1 Å². The van der Waals surface area contributed by atoms with Gasteiger partial charge < -0.3 is 29.4 Å². The summed E-state index contributed by atoms with van der Waals surface area (Å²) < 4.78 is 26.9. The molecule has 1 aromatic rings. The van der Waals surface area contributed by atoms with Crippen molar-refractivity contribution in [3.05, 3.63) is 5.56 Å². The van der Waals surface area contributed by atoms with Gasteiger partial charge in [0.2, 0.25) is 17.2 Å². The van der Waals surface area contributed by atoms with Crippen LogP contribution < -0.4 is 29.4 Å². The van der Waals surface area contributed by atoms with Gasteiger partial charge in [-0.05, 0) is 13.0 Å². The highest BCUT2D eigenvalue weighted by Crippen LogP contribution is 2.53. The highest BCUT2D eigenvalue weighted by molar-refractivity contribution is 5.70. The topological polar surface area (TPSA) is 72.2 Å². The Kier molecular flexibility index (Phi) is 5.57. The van der Waals surface area contributed by atoms with E-state index in [1.807, 2.05) is 0 Å². The van der Waals surface area contributed by atoms with E-state index in [1.165, 1.54) is 7.11 Å². The molecule has 0 aliphatic rings. The molecule has 0 unspecified atom stereocenters. The lowest BCUT2D eigenvalue weighted by molar-refractivity contribution is 0.287. The van der Waals surface area contributed by atoms with Gasteiger partial charge >= 0.3 is 0 Å². The predicted octanol–water partition coefficient (Wildman–Crippen LogP) is 1.23.